The van der Waals surface area contributed by atoms with Crippen LogP contribution in [0.5, 0.6) is 34.5 Å². The number of benzene rings is 3. The number of aromatic nitrogens is 1. The van der Waals surface area contributed by atoms with Gasteiger partial charge in [0.05, 0.1) is 53.4 Å². The van der Waals surface area contributed by atoms with Gasteiger partial charge in [-0.05, 0) is 108 Å². The molecule has 0 aliphatic carbocycles. The molecule has 0 saturated carbocycles. The Morgan fingerprint density at radius 2 is 1.09 bits per heavy atom. The SMILES string of the molecule is CCOC(=O)c1c(-c2ccc(OC)c(OC(C)C)c2)c(-c2ccc(OC(C)C)c(OC)c2)c(C(=O)OC)n1CCc1cc(OC(C)C)c(OC)cc1Br. The average Bonchev–Trinajstić information content (AvgIpc) is 3.45. The van der Waals surface area contributed by atoms with Gasteiger partial charge in [0, 0.05) is 22.1 Å². The molecular formula is C41H50BrNO10. The van der Waals surface area contributed by atoms with E-state index in [0.29, 0.717) is 63.2 Å². The summed E-state index contributed by atoms with van der Waals surface area (Å²) in [6.07, 6.45) is -0.0200. The number of hydrogen-bond donors (Lipinski definition) is 0. The minimum absolute atomic E-state index is 0.0998. The van der Waals surface area contributed by atoms with Crippen molar-refractivity contribution in [3.8, 4) is 56.8 Å². The molecule has 0 N–H and O–H groups in total. The molecule has 0 amide bonds. The van der Waals surface area contributed by atoms with E-state index in [1.54, 1.807) is 57.1 Å². The van der Waals surface area contributed by atoms with E-state index in [1.807, 2.05) is 65.8 Å². The van der Waals surface area contributed by atoms with Crippen LogP contribution in [0.2, 0.25) is 0 Å². The van der Waals surface area contributed by atoms with Crippen molar-refractivity contribution in [3.05, 3.63) is 70.0 Å². The van der Waals surface area contributed by atoms with Crippen LogP contribution in [0.15, 0.2) is 53.0 Å². The Kier molecular flexibility index (Phi) is 14.1. The van der Waals surface area contributed by atoms with Crippen molar-refractivity contribution in [2.24, 2.45) is 0 Å². The number of carbonyl (C=O) groups is 2. The molecule has 0 aliphatic rings. The lowest BCUT2D eigenvalue weighted by Gasteiger charge is -2.17. The molecule has 0 radical (unpaired) electrons. The quantitative estimate of drug-likeness (QED) is 0.0959. The number of rotatable bonds is 17. The van der Waals surface area contributed by atoms with Gasteiger partial charge in [0.15, 0.2) is 34.5 Å². The van der Waals surface area contributed by atoms with Gasteiger partial charge >= 0.3 is 11.9 Å². The highest BCUT2D eigenvalue weighted by Crippen LogP contribution is 2.46. The lowest BCUT2D eigenvalue weighted by atomic mass is 9.94. The molecule has 4 aromatic rings. The summed E-state index contributed by atoms with van der Waals surface area (Å²) in [7, 11) is 6.00. The molecule has 286 valence electrons. The molecule has 3 aromatic carbocycles. The minimum Gasteiger partial charge on any atom is -0.493 e. The van der Waals surface area contributed by atoms with E-state index in [4.69, 9.17) is 37.9 Å². The summed E-state index contributed by atoms with van der Waals surface area (Å²) in [4.78, 5) is 28.3. The number of aryl methyl sites for hydroxylation is 1. The van der Waals surface area contributed by atoms with Crippen molar-refractivity contribution in [2.45, 2.75) is 79.7 Å². The van der Waals surface area contributed by atoms with Gasteiger partial charge in [-0.1, -0.05) is 28.1 Å². The molecule has 0 bridgehead atoms. The fraction of sp³-hybridized carbons (Fsp3) is 0.415. The third kappa shape index (κ3) is 9.40. The third-order valence-corrected chi connectivity index (χ3v) is 8.78. The molecule has 4 rings (SSSR count). The maximum absolute atomic E-state index is 14.2. The zero-order chi connectivity index (χ0) is 39.0. The van der Waals surface area contributed by atoms with Crippen molar-refractivity contribution in [3.63, 3.8) is 0 Å². The van der Waals surface area contributed by atoms with Crippen LogP contribution in [0.25, 0.3) is 22.3 Å². The maximum atomic E-state index is 14.2. The Bertz CT molecular complexity index is 1910. The van der Waals surface area contributed by atoms with Crippen molar-refractivity contribution in [2.75, 3.05) is 35.0 Å². The van der Waals surface area contributed by atoms with Gasteiger partial charge in [0.25, 0.3) is 0 Å². The molecule has 0 spiro atoms. The number of halogens is 1. The van der Waals surface area contributed by atoms with Crippen LogP contribution < -0.4 is 28.4 Å². The fourth-order valence-electron chi connectivity index (χ4n) is 5.98. The highest BCUT2D eigenvalue weighted by molar-refractivity contribution is 9.10. The molecule has 1 heterocycles. The average molecular weight is 797 g/mol. The molecule has 0 unspecified atom stereocenters. The molecule has 11 nitrogen and oxygen atoms in total. The topological polar surface area (TPSA) is 113 Å². The van der Waals surface area contributed by atoms with Crippen LogP contribution in [0.3, 0.4) is 0 Å². The standard InChI is InChI=1S/C41H50BrNO10/c1-12-50-41(45)39-37(28-13-15-30(46-8)34(21-28)52-24(4)5)36(27-14-16-31(51-23(2)3)32(20-27)47-9)38(40(44)49-11)43(39)18-17-26-19-35(53-25(6)7)33(48-10)22-29(26)42/h13-16,19-25H,12,17-18H2,1-11H3. The summed E-state index contributed by atoms with van der Waals surface area (Å²) in [5.41, 5.74) is 3.21. The van der Waals surface area contributed by atoms with E-state index in [1.165, 1.54) is 7.11 Å². The minimum atomic E-state index is -0.650. The van der Waals surface area contributed by atoms with E-state index < -0.39 is 11.9 Å². The fourth-order valence-corrected chi connectivity index (χ4v) is 6.50. The highest BCUT2D eigenvalue weighted by Gasteiger charge is 2.34. The van der Waals surface area contributed by atoms with E-state index in [0.717, 1.165) is 10.0 Å². The van der Waals surface area contributed by atoms with Gasteiger partial charge in [-0.2, -0.15) is 0 Å². The maximum Gasteiger partial charge on any atom is 0.355 e. The van der Waals surface area contributed by atoms with Crippen LogP contribution in [0.1, 0.15) is 75.0 Å². The van der Waals surface area contributed by atoms with Crippen LogP contribution in [0.4, 0.5) is 0 Å². The van der Waals surface area contributed by atoms with Gasteiger partial charge in [0.2, 0.25) is 0 Å². The monoisotopic (exact) mass is 795 g/mol. The van der Waals surface area contributed by atoms with Gasteiger partial charge in [-0.3, -0.25) is 0 Å². The summed E-state index contributed by atoms with van der Waals surface area (Å²) in [6, 6.07) is 14.5. The zero-order valence-electron chi connectivity index (χ0n) is 32.4. The van der Waals surface area contributed by atoms with Crippen molar-refractivity contribution in [1.29, 1.82) is 0 Å². The molecule has 0 atom stereocenters. The Morgan fingerprint density at radius 3 is 1.60 bits per heavy atom. The summed E-state index contributed by atoms with van der Waals surface area (Å²) in [6.45, 7) is 13.6. The first-order chi connectivity index (χ1) is 25.3. The van der Waals surface area contributed by atoms with Crippen LogP contribution in [-0.2, 0) is 22.4 Å². The number of nitrogens with zero attached hydrogens (tertiary/aromatic N) is 1. The van der Waals surface area contributed by atoms with Crippen molar-refractivity contribution >= 4 is 27.9 Å². The third-order valence-electron chi connectivity index (χ3n) is 8.04. The van der Waals surface area contributed by atoms with Crippen LogP contribution in [-0.4, -0.2) is 69.9 Å². The Labute approximate surface area is 320 Å². The number of carbonyl (C=O) groups excluding carboxylic acids is 2. The molecule has 0 fully saturated rings. The molecular weight excluding hydrogens is 746 g/mol. The first kappa shape index (κ1) is 40.9. The molecule has 1 aromatic heterocycles. The van der Waals surface area contributed by atoms with Gasteiger partial charge in [0.1, 0.15) is 11.4 Å². The number of esters is 2. The second-order valence-corrected chi connectivity index (χ2v) is 13.7. The van der Waals surface area contributed by atoms with Gasteiger partial charge in [-0.15, -0.1) is 0 Å². The Morgan fingerprint density at radius 1 is 0.623 bits per heavy atom. The molecule has 53 heavy (non-hydrogen) atoms. The smallest absolute Gasteiger partial charge is 0.355 e. The van der Waals surface area contributed by atoms with E-state index in [2.05, 4.69) is 15.9 Å². The lowest BCUT2D eigenvalue weighted by Crippen LogP contribution is -2.19. The summed E-state index contributed by atoms with van der Waals surface area (Å²) in [5.74, 6) is 1.81. The lowest BCUT2D eigenvalue weighted by molar-refractivity contribution is 0.0513. The number of ether oxygens (including phenoxy) is 8. The Balaban J connectivity index is 2.12. The summed E-state index contributed by atoms with van der Waals surface area (Å²) in [5, 5.41) is 0. The second-order valence-electron chi connectivity index (χ2n) is 12.9. The van der Waals surface area contributed by atoms with Crippen molar-refractivity contribution < 1.29 is 47.5 Å². The number of methoxy groups -OCH3 is 4. The van der Waals surface area contributed by atoms with E-state index >= 15 is 0 Å². The van der Waals surface area contributed by atoms with E-state index in [-0.39, 0.29) is 42.9 Å². The number of hydrogen-bond acceptors (Lipinski definition) is 10. The van der Waals surface area contributed by atoms with Gasteiger partial charge in [-0.25, -0.2) is 9.59 Å². The van der Waals surface area contributed by atoms with Gasteiger partial charge < -0.3 is 42.5 Å². The Hall–Kier alpha value is -4.84. The normalized spacial score (nSPS) is 11.2. The first-order valence-electron chi connectivity index (χ1n) is 17.5. The summed E-state index contributed by atoms with van der Waals surface area (Å²) < 4.78 is 48.8. The largest absolute Gasteiger partial charge is 0.493 e. The van der Waals surface area contributed by atoms with Crippen LogP contribution >= 0.6 is 15.9 Å². The second kappa shape index (κ2) is 18.3. The molecule has 0 saturated heterocycles. The van der Waals surface area contributed by atoms with Crippen molar-refractivity contribution in [1.82, 2.24) is 4.57 Å². The van der Waals surface area contributed by atoms with E-state index in [9.17, 15) is 9.59 Å². The predicted octanol–water partition coefficient (Wildman–Crippen LogP) is 9.18. The predicted molar refractivity (Wildman–Crippen MR) is 207 cm³/mol. The zero-order valence-corrected chi connectivity index (χ0v) is 34.0. The van der Waals surface area contributed by atoms with Crippen LogP contribution in [0, 0.1) is 0 Å². The molecule has 12 heteroatoms. The first-order valence-corrected chi connectivity index (χ1v) is 18.3. The highest BCUT2D eigenvalue weighted by atomic mass is 79.9. The summed E-state index contributed by atoms with van der Waals surface area (Å²) >= 11 is 3.69. The molecule has 0 aliphatic heterocycles.